The van der Waals surface area contributed by atoms with Gasteiger partial charge in [-0.25, -0.2) is 0 Å². The van der Waals surface area contributed by atoms with Crippen molar-refractivity contribution in [2.45, 2.75) is 58.2 Å². The molecule has 0 bridgehead atoms. The van der Waals surface area contributed by atoms with Crippen LogP contribution in [0.3, 0.4) is 0 Å². The van der Waals surface area contributed by atoms with Crippen LogP contribution in [0.1, 0.15) is 57.3 Å². The Balaban J connectivity index is 2.11. The molecule has 2 aromatic rings. The summed E-state index contributed by atoms with van der Waals surface area (Å²) in [4.78, 5) is 12.9. The summed E-state index contributed by atoms with van der Waals surface area (Å²) >= 11 is 0. The first-order valence-corrected chi connectivity index (χ1v) is 12.5. The molecular formula is C28H36O9. The van der Waals surface area contributed by atoms with Crippen LogP contribution in [0.15, 0.2) is 12.1 Å². The summed E-state index contributed by atoms with van der Waals surface area (Å²) in [5.41, 5.74) is 1.18. The van der Waals surface area contributed by atoms with Crippen molar-refractivity contribution in [2.24, 2.45) is 5.92 Å². The zero-order valence-electron chi connectivity index (χ0n) is 22.6. The fraction of sp³-hybridized carbons (Fsp3) is 0.536. The Morgan fingerprint density at radius 2 is 1.73 bits per heavy atom. The number of unbranched alkanes of at least 4 members (excludes halogenated alkanes) is 1. The van der Waals surface area contributed by atoms with Crippen LogP contribution in [-0.2, 0) is 16.0 Å². The number of hydrogen-bond acceptors (Lipinski definition) is 9. The largest absolute Gasteiger partial charge is 0.493 e. The summed E-state index contributed by atoms with van der Waals surface area (Å²) in [5, 5.41) is 12.0. The molecule has 1 aliphatic carbocycles. The molecule has 0 amide bonds. The molecule has 4 rings (SSSR count). The summed E-state index contributed by atoms with van der Waals surface area (Å²) < 4.78 is 40.7. The van der Waals surface area contributed by atoms with Crippen molar-refractivity contribution in [1.29, 1.82) is 0 Å². The fourth-order valence-electron chi connectivity index (χ4n) is 5.14. The summed E-state index contributed by atoms with van der Waals surface area (Å²) in [6.07, 6.45) is 1.19. The van der Waals surface area contributed by atoms with Gasteiger partial charge < -0.3 is 38.3 Å². The maximum absolute atomic E-state index is 12.9. The van der Waals surface area contributed by atoms with Gasteiger partial charge in [0, 0.05) is 23.1 Å². The molecule has 9 heteroatoms. The fourth-order valence-corrected chi connectivity index (χ4v) is 5.14. The van der Waals surface area contributed by atoms with E-state index in [0.717, 1.165) is 12.0 Å². The normalized spacial score (nSPS) is 21.7. The lowest BCUT2D eigenvalue weighted by Crippen LogP contribution is -2.43. The molecule has 3 atom stereocenters. The van der Waals surface area contributed by atoms with Gasteiger partial charge in [0.15, 0.2) is 29.1 Å². The van der Waals surface area contributed by atoms with E-state index in [9.17, 15) is 9.90 Å². The van der Waals surface area contributed by atoms with Gasteiger partial charge in [0.1, 0.15) is 5.60 Å². The van der Waals surface area contributed by atoms with Crippen LogP contribution in [0.5, 0.6) is 34.5 Å². The van der Waals surface area contributed by atoms with E-state index < -0.39 is 17.7 Å². The standard InChI is InChI=1S/C28H36O9/c1-8-9-10-20(29)37-27-17-13-18(31-4)23(32-5)26(34-7)22(17)21-16(11-15(2)28(27,3)30)12-19-24(25(21)33-6)36-14-35-19/h12-13,15,27,30H,8-11,14H2,1-7H3/t15-,27-,28-/m0/s1. The first-order valence-electron chi connectivity index (χ1n) is 12.5. The summed E-state index contributed by atoms with van der Waals surface area (Å²) in [6.45, 7) is 5.69. The number of rotatable bonds is 8. The predicted octanol–water partition coefficient (Wildman–Crippen LogP) is 4.83. The van der Waals surface area contributed by atoms with Crippen LogP contribution >= 0.6 is 0 Å². The van der Waals surface area contributed by atoms with E-state index >= 15 is 0 Å². The van der Waals surface area contributed by atoms with Gasteiger partial charge in [-0.3, -0.25) is 4.79 Å². The van der Waals surface area contributed by atoms with E-state index in [2.05, 4.69) is 0 Å². The Labute approximate surface area is 217 Å². The maximum atomic E-state index is 12.9. The van der Waals surface area contributed by atoms with Gasteiger partial charge in [0.05, 0.1) is 28.4 Å². The highest BCUT2D eigenvalue weighted by molar-refractivity contribution is 5.89. The first kappa shape index (κ1) is 26.7. The smallest absolute Gasteiger partial charge is 0.306 e. The molecule has 0 unspecified atom stereocenters. The zero-order chi connectivity index (χ0) is 26.9. The van der Waals surface area contributed by atoms with Crippen molar-refractivity contribution >= 4 is 5.97 Å². The van der Waals surface area contributed by atoms with Gasteiger partial charge in [-0.1, -0.05) is 20.3 Å². The third kappa shape index (κ3) is 4.50. The minimum Gasteiger partial charge on any atom is -0.493 e. The van der Waals surface area contributed by atoms with Crippen LogP contribution in [0.25, 0.3) is 11.1 Å². The second-order valence-corrected chi connectivity index (χ2v) is 9.59. The molecule has 2 aromatic carbocycles. The van der Waals surface area contributed by atoms with Gasteiger partial charge in [0.25, 0.3) is 0 Å². The number of esters is 1. The third-order valence-electron chi connectivity index (χ3n) is 7.34. The number of benzene rings is 2. The molecule has 1 aliphatic heterocycles. The van der Waals surface area contributed by atoms with Crippen molar-refractivity contribution in [3.05, 3.63) is 23.3 Å². The van der Waals surface area contributed by atoms with E-state index in [1.165, 1.54) is 21.3 Å². The Kier molecular flexibility index (Phi) is 7.64. The molecule has 2 aliphatic rings. The van der Waals surface area contributed by atoms with E-state index in [4.69, 9.17) is 33.2 Å². The second-order valence-electron chi connectivity index (χ2n) is 9.59. The van der Waals surface area contributed by atoms with E-state index in [0.29, 0.717) is 64.0 Å². The highest BCUT2D eigenvalue weighted by Crippen LogP contribution is 2.59. The molecule has 0 saturated carbocycles. The van der Waals surface area contributed by atoms with Crippen LogP contribution in [0.4, 0.5) is 0 Å². The number of fused-ring (bicyclic) bond motifs is 4. The van der Waals surface area contributed by atoms with Crippen molar-refractivity contribution < 1.29 is 43.1 Å². The van der Waals surface area contributed by atoms with Crippen LogP contribution in [-0.4, -0.2) is 51.9 Å². The minimum absolute atomic E-state index is 0.0649. The zero-order valence-corrected chi connectivity index (χ0v) is 22.6. The van der Waals surface area contributed by atoms with Gasteiger partial charge in [-0.15, -0.1) is 0 Å². The number of aliphatic hydroxyl groups is 1. The maximum Gasteiger partial charge on any atom is 0.306 e. The quantitative estimate of drug-likeness (QED) is 0.494. The highest BCUT2D eigenvalue weighted by atomic mass is 16.7. The lowest BCUT2D eigenvalue weighted by molar-refractivity contribution is -0.171. The van der Waals surface area contributed by atoms with Crippen molar-refractivity contribution in [3.63, 3.8) is 0 Å². The Hall–Kier alpha value is -3.33. The van der Waals surface area contributed by atoms with Crippen molar-refractivity contribution in [1.82, 2.24) is 0 Å². The second kappa shape index (κ2) is 10.6. The minimum atomic E-state index is -1.44. The number of hydrogen-bond donors (Lipinski definition) is 1. The topological polar surface area (TPSA) is 102 Å². The summed E-state index contributed by atoms with van der Waals surface area (Å²) in [7, 11) is 6.12. The molecule has 0 saturated heterocycles. The van der Waals surface area contributed by atoms with E-state index in [1.54, 1.807) is 20.1 Å². The van der Waals surface area contributed by atoms with E-state index in [1.807, 2.05) is 19.9 Å². The third-order valence-corrected chi connectivity index (χ3v) is 7.34. The number of carbonyl (C=O) groups is 1. The van der Waals surface area contributed by atoms with Crippen molar-refractivity contribution in [2.75, 3.05) is 35.2 Å². The molecule has 9 nitrogen and oxygen atoms in total. The van der Waals surface area contributed by atoms with Gasteiger partial charge in [-0.2, -0.15) is 0 Å². The van der Waals surface area contributed by atoms with Crippen LogP contribution < -0.4 is 28.4 Å². The Bertz CT molecular complexity index is 1170. The monoisotopic (exact) mass is 516 g/mol. The van der Waals surface area contributed by atoms with Gasteiger partial charge in [-0.05, 0) is 43.4 Å². The van der Waals surface area contributed by atoms with E-state index in [-0.39, 0.29) is 19.1 Å². The number of methoxy groups -OCH3 is 4. The summed E-state index contributed by atoms with van der Waals surface area (Å²) in [5.74, 6) is 1.87. The lowest BCUT2D eigenvalue weighted by atomic mass is 9.73. The summed E-state index contributed by atoms with van der Waals surface area (Å²) in [6, 6.07) is 3.63. The van der Waals surface area contributed by atoms with Gasteiger partial charge in [0.2, 0.25) is 18.3 Å². The molecule has 0 aromatic heterocycles. The first-order chi connectivity index (χ1) is 17.7. The van der Waals surface area contributed by atoms with Crippen LogP contribution in [0, 0.1) is 5.92 Å². The SMILES string of the molecule is CCCCC(=O)O[C@H]1c2cc(OC)c(OC)c(OC)c2-c2c(cc3c(c2OC)OCO3)C[C@H](C)[C@]1(C)O. The average molecular weight is 517 g/mol. The lowest BCUT2D eigenvalue weighted by Gasteiger charge is -2.41. The Morgan fingerprint density at radius 3 is 2.35 bits per heavy atom. The number of carbonyl (C=O) groups excluding carboxylic acids is 1. The molecular weight excluding hydrogens is 480 g/mol. The molecule has 37 heavy (non-hydrogen) atoms. The molecule has 0 fully saturated rings. The highest BCUT2D eigenvalue weighted by Gasteiger charge is 2.47. The number of ether oxygens (including phenoxy) is 7. The van der Waals surface area contributed by atoms with Gasteiger partial charge >= 0.3 is 5.97 Å². The average Bonchev–Trinajstić information content (AvgIpc) is 3.36. The molecule has 1 N–H and O–H groups in total. The molecule has 0 spiro atoms. The molecule has 202 valence electrons. The van der Waals surface area contributed by atoms with Crippen LogP contribution in [0.2, 0.25) is 0 Å². The van der Waals surface area contributed by atoms with Crippen molar-refractivity contribution in [3.8, 4) is 45.6 Å². The molecule has 1 heterocycles. The molecule has 0 radical (unpaired) electrons. The predicted molar refractivity (Wildman–Crippen MR) is 136 cm³/mol. The Morgan fingerprint density at radius 1 is 1.03 bits per heavy atom.